The summed E-state index contributed by atoms with van der Waals surface area (Å²) in [5.74, 6) is -1.25. The van der Waals surface area contributed by atoms with Gasteiger partial charge in [-0.2, -0.15) is 0 Å². The fourth-order valence-electron chi connectivity index (χ4n) is 2.31. The zero-order valence-electron chi connectivity index (χ0n) is 21.5. The molecule has 0 aromatic heterocycles. The van der Waals surface area contributed by atoms with Gasteiger partial charge in [0.05, 0.1) is 125 Å². The lowest BCUT2D eigenvalue weighted by atomic mass is 10.5. The van der Waals surface area contributed by atoms with Crippen LogP contribution < -0.4 is 0 Å². The molecule has 0 bridgehead atoms. The Bertz CT molecular complexity index is 479. The minimum Gasteiger partial charge on any atom is -0.480 e. The third kappa shape index (κ3) is 30.6. The molecule has 0 saturated heterocycles. The summed E-state index contributed by atoms with van der Waals surface area (Å²) in [6.07, 6.45) is 0.252. The SMILES string of the molecule is CCOC(=O)CCOCCOCCOCCOCCOCCOCCOCCOCCOCC(=O)O. The van der Waals surface area contributed by atoms with Crippen LogP contribution in [0.4, 0.5) is 0 Å². The van der Waals surface area contributed by atoms with Gasteiger partial charge in [-0.1, -0.05) is 0 Å². The zero-order chi connectivity index (χ0) is 26.4. The molecular formula is C23H44O13. The molecule has 0 rings (SSSR count). The largest absolute Gasteiger partial charge is 0.480 e. The summed E-state index contributed by atoms with van der Waals surface area (Å²) in [7, 11) is 0. The van der Waals surface area contributed by atoms with E-state index >= 15 is 0 Å². The van der Waals surface area contributed by atoms with Gasteiger partial charge in [0.1, 0.15) is 6.61 Å². The first kappa shape index (κ1) is 34.6. The van der Waals surface area contributed by atoms with E-state index in [-0.39, 0.29) is 25.6 Å². The van der Waals surface area contributed by atoms with Crippen LogP contribution in [0.15, 0.2) is 0 Å². The third-order valence-electron chi connectivity index (χ3n) is 3.96. The number of aliphatic carboxylic acids is 1. The molecule has 0 heterocycles. The monoisotopic (exact) mass is 528 g/mol. The number of carboxylic acids is 1. The molecule has 0 aliphatic carbocycles. The second-order valence-electron chi connectivity index (χ2n) is 6.90. The Labute approximate surface area is 213 Å². The second-order valence-corrected chi connectivity index (χ2v) is 6.90. The zero-order valence-corrected chi connectivity index (χ0v) is 21.5. The van der Waals surface area contributed by atoms with E-state index in [1.165, 1.54) is 0 Å². The quantitative estimate of drug-likeness (QED) is 0.0999. The van der Waals surface area contributed by atoms with Gasteiger partial charge in [0.15, 0.2) is 0 Å². The fourth-order valence-corrected chi connectivity index (χ4v) is 2.31. The molecule has 0 spiro atoms. The maximum absolute atomic E-state index is 11.1. The molecule has 13 heteroatoms. The highest BCUT2D eigenvalue weighted by molar-refractivity contribution is 5.69. The molecule has 1 N–H and O–H groups in total. The van der Waals surface area contributed by atoms with Crippen LogP contribution in [0.2, 0.25) is 0 Å². The number of esters is 1. The number of carbonyl (C=O) groups excluding carboxylic acids is 1. The van der Waals surface area contributed by atoms with Crippen LogP contribution >= 0.6 is 0 Å². The normalized spacial score (nSPS) is 11.1. The lowest BCUT2D eigenvalue weighted by molar-refractivity contribution is -0.144. The van der Waals surface area contributed by atoms with Crippen LogP contribution in [-0.4, -0.2) is 143 Å². The van der Waals surface area contributed by atoms with Gasteiger partial charge in [0.25, 0.3) is 0 Å². The van der Waals surface area contributed by atoms with Crippen molar-refractivity contribution in [2.75, 3.05) is 126 Å². The lowest BCUT2D eigenvalue weighted by Gasteiger charge is -2.08. The van der Waals surface area contributed by atoms with Crippen molar-refractivity contribution in [3.8, 4) is 0 Å². The molecule has 13 nitrogen and oxygen atoms in total. The molecule has 0 atom stereocenters. The van der Waals surface area contributed by atoms with Crippen LogP contribution in [0.25, 0.3) is 0 Å². The molecule has 36 heavy (non-hydrogen) atoms. The first-order valence-corrected chi connectivity index (χ1v) is 12.2. The minimum atomic E-state index is -0.998. The Kier molecular flexibility index (Phi) is 28.6. The fraction of sp³-hybridized carbons (Fsp3) is 0.913. The van der Waals surface area contributed by atoms with E-state index in [0.29, 0.717) is 112 Å². The number of carbonyl (C=O) groups is 2. The average Bonchev–Trinajstić information content (AvgIpc) is 2.85. The molecule has 0 aliphatic rings. The van der Waals surface area contributed by atoms with Gasteiger partial charge in [-0.25, -0.2) is 4.79 Å². The molecule has 0 aromatic rings. The van der Waals surface area contributed by atoms with E-state index in [1.54, 1.807) is 6.92 Å². The number of ether oxygens (including phenoxy) is 10. The molecule has 0 radical (unpaired) electrons. The topological polar surface area (TPSA) is 147 Å². The number of hydrogen-bond donors (Lipinski definition) is 1. The van der Waals surface area contributed by atoms with Gasteiger partial charge in [-0.3, -0.25) is 4.79 Å². The van der Waals surface area contributed by atoms with Crippen LogP contribution in [-0.2, 0) is 57.0 Å². The average molecular weight is 529 g/mol. The van der Waals surface area contributed by atoms with Crippen molar-refractivity contribution in [3.63, 3.8) is 0 Å². The molecule has 0 saturated carbocycles. The standard InChI is InChI=1S/C23H44O13/c1-2-36-23(26)3-4-27-5-6-28-7-8-29-9-10-30-11-12-31-13-14-32-15-16-33-17-18-34-19-20-35-21-22(24)25/h2-21H2,1H3,(H,24,25). The molecular weight excluding hydrogens is 484 g/mol. The van der Waals surface area contributed by atoms with Crippen molar-refractivity contribution >= 4 is 11.9 Å². The highest BCUT2D eigenvalue weighted by atomic mass is 16.6. The molecule has 0 aromatic carbocycles. The van der Waals surface area contributed by atoms with Crippen LogP contribution in [0.3, 0.4) is 0 Å². The molecule has 0 aliphatic heterocycles. The number of hydrogen-bond acceptors (Lipinski definition) is 12. The summed E-state index contributed by atoms with van der Waals surface area (Å²) >= 11 is 0. The Morgan fingerprint density at radius 2 is 0.750 bits per heavy atom. The first-order valence-electron chi connectivity index (χ1n) is 12.2. The molecule has 214 valence electrons. The van der Waals surface area contributed by atoms with Gasteiger partial charge >= 0.3 is 11.9 Å². The van der Waals surface area contributed by atoms with Gasteiger partial charge < -0.3 is 52.5 Å². The molecule has 0 unspecified atom stereocenters. The predicted molar refractivity (Wildman–Crippen MR) is 126 cm³/mol. The van der Waals surface area contributed by atoms with Gasteiger partial charge in [-0.15, -0.1) is 0 Å². The number of carboxylic acid groups (broad SMARTS) is 1. The second kappa shape index (κ2) is 29.8. The van der Waals surface area contributed by atoms with E-state index < -0.39 is 5.97 Å². The summed E-state index contributed by atoms with van der Waals surface area (Å²) in [4.78, 5) is 21.3. The van der Waals surface area contributed by atoms with E-state index in [1.807, 2.05) is 0 Å². The lowest BCUT2D eigenvalue weighted by Crippen LogP contribution is -2.15. The van der Waals surface area contributed by atoms with Crippen molar-refractivity contribution < 1.29 is 62.1 Å². The minimum absolute atomic E-state index is 0.240. The van der Waals surface area contributed by atoms with Gasteiger partial charge in [0, 0.05) is 0 Å². The predicted octanol–water partition coefficient (Wildman–Crippen LogP) is 0.174. The Morgan fingerprint density at radius 3 is 1.03 bits per heavy atom. The Morgan fingerprint density at radius 1 is 0.472 bits per heavy atom. The first-order chi connectivity index (χ1) is 17.7. The molecule has 0 amide bonds. The highest BCUT2D eigenvalue weighted by Gasteiger charge is 2.01. The molecule has 0 fully saturated rings. The summed E-state index contributed by atoms with van der Waals surface area (Å²) in [6.45, 7) is 9.17. The van der Waals surface area contributed by atoms with Gasteiger partial charge in [-0.05, 0) is 6.92 Å². The van der Waals surface area contributed by atoms with E-state index in [0.717, 1.165) is 0 Å². The van der Waals surface area contributed by atoms with E-state index in [2.05, 4.69) is 0 Å². The smallest absolute Gasteiger partial charge is 0.329 e. The summed E-state index contributed by atoms with van der Waals surface area (Å²) < 4.78 is 52.4. The van der Waals surface area contributed by atoms with Crippen LogP contribution in [0.5, 0.6) is 0 Å². The van der Waals surface area contributed by atoms with E-state index in [9.17, 15) is 9.59 Å². The third-order valence-corrected chi connectivity index (χ3v) is 3.96. The Hall–Kier alpha value is -1.42. The maximum atomic E-state index is 11.1. The summed E-state index contributed by atoms with van der Waals surface area (Å²) in [5, 5.41) is 8.39. The van der Waals surface area contributed by atoms with Crippen molar-refractivity contribution in [1.29, 1.82) is 0 Å². The maximum Gasteiger partial charge on any atom is 0.329 e. The highest BCUT2D eigenvalue weighted by Crippen LogP contribution is 1.89. The van der Waals surface area contributed by atoms with Crippen molar-refractivity contribution in [3.05, 3.63) is 0 Å². The van der Waals surface area contributed by atoms with Crippen LogP contribution in [0, 0.1) is 0 Å². The van der Waals surface area contributed by atoms with Crippen LogP contribution in [0.1, 0.15) is 13.3 Å². The van der Waals surface area contributed by atoms with Crippen molar-refractivity contribution in [2.24, 2.45) is 0 Å². The Balaban J connectivity index is 3.05. The summed E-state index contributed by atoms with van der Waals surface area (Å²) in [6, 6.07) is 0. The number of rotatable bonds is 30. The van der Waals surface area contributed by atoms with Gasteiger partial charge in [0.2, 0.25) is 0 Å². The summed E-state index contributed by atoms with van der Waals surface area (Å²) in [5.41, 5.74) is 0. The van der Waals surface area contributed by atoms with Crippen molar-refractivity contribution in [2.45, 2.75) is 13.3 Å². The van der Waals surface area contributed by atoms with E-state index in [4.69, 9.17) is 52.5 Å². The van der Waals surface area contributed by atoms with Crippen molar-refractivity contribution in [1.82, 2.24) is 0 Å².